The number of carbonyl (C=O) groups excluding carboxylic acids is 1. The largest absolute Gasteiger partial charge is 0.395 e. The van der Waals surface area contributed by atoms with Crippen LogP contribution in [0.15, 0.2) is 0 Å². The van der Waals surface area contributed by atoms with Crippen LogP contribution < -0.4 is 4.90 Å². The Bertz CT molecular complexity index is 393. The van der Waals surface area contributed by atoms with Crippen LogP contribution in [0.1, 0.15) is 16.1 Å². The van der Waals surface area contributed by atoms with Crippen LogP contribution in [-0.4, -0.2) is 47.3 Å². The fourth-order valence-electron chi connectivity index (χ4n) is 1.75. The second-order valence-corrected chi connectivity index (χ2v) is 3.62. The summed E-state index contributed by atoms with van der Waals surface area (Å²) in [5.74, 6) is 0.312. The maximum atomic E-state index is 12.4. The summed E-state index contributed by atoms with van der Waals surface area (Å²) in [7, 11) is 1.57. The van der Waals surface area contributed by atoms with Gasteiger partial charge < -0.3 is 10.0 Å². The average Bonchev–Trinajstić information content (AvgIpc) is 2.51. The Kier molecular flexibility index (Phi) is 4.56. The van der Waals surface area contributed by atoms with E-state index < -0.39 is 13.0 Å². The van der Waals surface area contributed by atoms with Crippen molar-refractivity contribution in [2.75, 3.05) is 24.6 Å². The molecule has 0 saturated carbocycles. The highest BCUT2D eigenvalue weighted by Crippen LogP contribution is 2.21. The van der Waals surface area contributed by atoms with Crippen molar-refractivity contribution in [1.29, 1.82) is 0 Å². The van der Waals surface area contributed by atoms with Crippen molar-refractivity contribution in [3.8, 4) is 0 Å². The molecule has 1 heterocycles. The fraction of sp³-hybridized carbons (Fsp3) is 0.600. The molecule has 0 saturated heterocycles. The van der Waals surface area contributed by atoms with Gasteiger partial charge in [-0.25, -0.2) is 8.78 Å². The number of hydrogen-bond donors (Lipinski definition) is 1. The van der Waals surface area contributed by atoms with E-state index in [1.807, 2.05) is 0 Å². The molecule has 1 N–H and O–H groups in total. The molecule has 0 spiro atoms. The zero-order chi connectivity index (χ0) is 13.0. The number of nitrogens with zero attached hydrogens (tertiary/aromatic N) is 3. The summed E-state index contributed by atoms with van der Waals surface area (Å²) in [6, 6.07) is 0. The molecule has 7 heteroatoms. The van der Waals surface area contributed by atoms with Gasteiger partial charge in [-0.15, -0.1) is 0 Å². The summed E-state index contributed by atoms with van der Waals surface area (Å²) in [5, 5.41) is 12.9. The van der Waals surface area contributed by atoms with E-state index in [1.54, 1.807) is 14.0 Å². The maximum absolute atomic E-state index is 12.4. The molecule has 1 aromatic rings. The number of alkyl halides is 2. The first kappa shape index (κ1) is 13.6. The summed E-state index contributed by atoms with van der Waals surface area (Å²) in [6.45, 7) is 0.854. The molecule has 0 atom stereocenters. The number of anilines is 1. The third-order valence-electron chi connectivity index (χ3n) is 2.38. The molecule has 0 aliphatic carbocycles. The van der Waals surface area contributed by atoms with E-state index in [2.05, 4.69) is 5.10 Å². The lowest BCUT2D eigenvalue weighted by Gasteiger charge is -2.23. The van der Waals surface area contributed by atoms with Crippen LogP contribution in [0.2, 0.25) is 0 Å². The van der Waals surface area contributed by atoms with Gasteiger partial charge in [0.25, 0.3) is 6.43 Å². The van der Waals surface area contributed by atoms with Gasteiger partial charge in [0.2, 0.25) is 0 Å². The third kappa shape index (κ3) is 3.00. The van der Waals surface area contributed by atoms with Crippen molar-refractivity contribution in [3.05, 3.63) is 11.3 Å². The van der Waals surface area contributed by atoms with Crippen LogP contribution in [0.5, 0.6) is 0 Å². The van der Waals surface area contributed by atoms with E-state index in [0.717, 1.165) is 0 Å². The van der Waals surface area contributed by atoms with Gasteiger partial charge in [0, 0.05) is 13.6 Å². The SMILES string of the molecule is Cc1nn(C)c(N(CCO)CC(F)F)c1C=O. The molecule has 0 aliphatic rings. The van der Waals surface area contributed by atoms with Gasteiger partial charge in [-0.1, -0.05) is 0 Å². The number of hydrogen-bond acceptors (Lipinski definition) is 4. The van der Waals surface area contributed by atoms with Crippen molar-refractivity contribution >= 4 is 12.1 Å². The highest BCUT2D eigenvalue weighted by molar-refractivity contribution is 5.84. The number of rotatable bonds is 6. The Hall–Kier alpha value is -1.50. The van der Waals surface area contributed by atoms with Crippen LogP contribution in [-0.2, 0) is 7.05 Å². The van der Waals surface area contributed by atoms with Gasteiger partial charge in [-0.05, 0) is 6.92 Å². The predicted octanol–water partition coefficient (Wildman–Crippen LogP) is 0.605. The monoisotopic (exact) mass is 247 g/mol. The van der Waals surface area contributed by atoms with E-state index in [4.69, 9.17) is 5.11 Å². The molecule has 17 heavy (non-hydrogen) atoms. The minimum Gasteiger partial charge on any atom is -0.395 e. The number of aryl methyl sites for hydroxylation is 2. The van der Waals surface area contributed by atoms with Gasteiger partial charge in [-0.2, -0.15) is 5.10 Å². The molecule has 1 aromatic heterocycles. The van der Waals surface area contributed by atoms with Crippen LogP contribution in [0.3, 0.4) is 0 Å². The first-order valence-corrected chi connectivity index (χ1v) is 5.14. The zero-order valence-corrected chi connectivity index (χ0v) is 9.73. The summed E-state index contributed by atoms with van der Waals surface area (Å²) < 4.78 is 26.2. The third-order valence-corrected chi connectivity index (χ3v) is 2.38. The van der Waals surface area contributed by atoms with Crippen molar-refractivity contribution in [2.45, 2.75) is 13.3 Å². The molecule has 0 fully saturated rings. The van der Waals surface area contributed by atoms with Crippen LogP contribution in [0, 0.1) is 6.92 Å². The van der Waals surface area contributed by atoms with Gasteiger partial charge in [-0.3, -0.25) is 9.48 Å². The van der Waals surface area contributed by atoms with Crippen molar-refractivity contribution in [1.82, 2.24) is 9.78 Å². The summed E-state index contributed by atoms with van der Waals surface area (Å²) in [5.41, 5.74) is 0.760. The van der Waals surface area contributed by atoms with Crippen LogP contribution in [0.4, 0.5) is 14.6 Å². The lowest BCUT2D eigenvalue weighted by Crippen LogP contribution is -2.33. The lowest BCUT2D eigenvalue weighted by molar-refractivity contribution is 0.112. The fourth-order valence-corrected chi connectivity index (χ4v) is 1.75. The molecule has 0 aliphatic heterocycles. The number of aliphatic hydroxyl groups is 1. The molecule has 5 nitrogen and oxygen atoms in total. The number of aliphatic hydroxyl groups excluding tert-OH is 1. The Morgan fingerprint density at radius 3 is 2.71 bits per heavy atom. The van der Waals surface area contributed by atoms with Crippen LogP contribution >= 0.6 is 0 Å². The standard InChI is InChI=1S/C10H15F2N3O2/c1-7-8(6-17)10(14(2)13-7)15(3-4-16)5-9(11)12/h6,9,16H,3-5H2,1-2H3. The van der Waals surface area contributed by atoms with E-state index >= 15 is 0 Å². The number of carbonyl (C=O) groups is 1. The Morgan fingerprint density at radius 1 is 1.59 bits per heavy atom. The first-order chi connectivity index (χ1) is 8.01. The molecule has 96 valence electrons. The molecule has 0 aromatic carbocycles. The topological polar surface area (TPSA) is 58.4 Å². The predicted molar refractivity (Wildman–Crippen MR) is 58.6 cm³/mol. The highest BCUT2D eigenvalue weighted by Gasteiger charge is 2.21. The maximum Gasteiger partial charge on any atom is 0.255 e. The van der Waals surface area contributed by atoms with Crippen LogP contribution in [0.25, 0.3) is 0 Å². The van der Waals surface area contributed by atoms with Gasteiger partial charge in [0.05, 0.1) is 24.4 Å². The number of aromatic nitrogens is 2. The number of halogens is 2. The van der Waals surface area contributed by atoms with E-state index in [0.29, 0.717) is 17.8 Å². The van der Waals surface area contributed by atoms with E-state index in [1.165, 1.54) is 9.58 Å². The Morgan fingerprint density at radius 2 is 2.24 bits per heavy atom. The molecular weight excluding hydrogens is 232 g/mol. The zero-order valence-electron chi connectivity index (χ0n) is 9.73. The molecule has 0 amide bonds. The quantitative estimate of drug-likeness (QED) is 0.748. The smallest absolute Gasteiger partial charge is 0.255 e. The van der Waals surface area contributed by atoms with Gasteiger partial charge >= 0.3 is 0 Å². The second kappa shape index (κ2) is 5.72. The molecule has 1 rings (SSSR count). The Labute approximate surface area is 97.6 Å². The minimum atomic E-state index is -2.55. The molecule has 0 unspecified atom stereocenters. The normalized spacial score (nSPS) is 10.9. The van der Waals surface area contributed by atoms with Crippen molar-refractivity contribution in [3.63, 3.8) is 0 Å². The van der Waals surface area contributed by atoms with Gasteiger partial charge in [0.1, 0.15) is 5.82 Å². The van der Waals surface area contributed by atoms with Gasteiger partial charge in [0.15, 0.2) is 6.29 Å². The molecular formula is C10H15F2N3O2. The van der Waals surface area contributed by atoms with Crippen molar-refractivity contribution < 1.29 is 18.7 Å². The number of aldehydes is 1. The summed E-state index contributed by atoms with van der Waals surface area (Å²) >= 11 is 0. The minimum absolute atomic E-state index is 0.0319. The lowest BCUT2D eigenvalue weighted by atomic mass is 10.2. The van der Waals surface area contributed by atoms with E-state index in [9.17, 15) is 13.6 Å². The summed E-state index contributed by atoms with van der Waals surface area (Å²) in [4.78, 5) is 12.2. The second-order valence-electron chi connectivity index (χ2n) is 3.62. The Balaban J connectivity index is 3.12. The molecule has 0 bridgehead atoms. The van der Waals surface area contributed by atoms with Crippen molar-refractivity contribution in [2.24, 2.45) is 7.05 Å². The molecule has 0 radical (unpaired) electrons. The first-order valence-electron chi connectivity index (χ1n) is 5.14. The average molecular weight is 247 g/mol. The van der Waals surface area contributed by atoms with E-state index in [-0.39, 0.29) is 18.7 Å². The summed E-state index contributed by atoms with van der Waals surface area (Å²) in [6.07, 6.45) is -1.95. The highest BCUT2D eigenvalue weighted by atomic mass is 19.3.